The number of rotatable bonds is 7. The Bertz CT molecular complexity index is 690. The zero-order chi connectivity index (χ0) is 15.5. The number of H-pyrrole nitrogens is 1. The lowest BCUT2D eigenvalue weighted by atomic mass is 10.3. The SMILES string of the molecule is Cc1noc(CNS(=O)(=O)c2[nH]ncc2CNC(C)C)n1. The average molecular weight is 314 g/mol. The van der Waals surface area contributed by atoms with Crippen molar-refractivity contribution in [3.63, 3.8) is 0 Å². The third kappa shape index (κ3) is 4.09. The van der Waals surface area contributed by atoms with Gasteiger partial charge >= 0.3 is 0 Å². The first-order valence-corrected chi connectivity index (χ1v) is 7.91. The Morgan fingerprint density at radius 2 is 2.14 bits per heavy atom. The van der Waals surface area contributed by atoms with Gasteiger partial charge in [-0.05, 0) is 6.92 Å². The summed E-state index contributed by atoms with van der Waals surface area (Å²) in [4.78, 5) is 3.93. The number of aromatic amines is 1. The van der Waals surface area contributed by atoms with E-state index in [0.29, 0.717) is 17.9 Å². The first kappa shape index (κ1) is 15.6. The van der Waals surface area contributed by atoms with E-state index < -0.39 is 10.0 Å². The fourth-order valence-electron chi connectivity index (χ4n) is 1.61. The number of hydrogen-bond donors (Lipinski definition) is 3. The molecule has 2 rings (SSSR count). The second-order valence-corrected chi connectivity index (χ2v) is 6.52. The number of aryl methyl sites for hydroxylation is 1. The summed E-state index contributed by atoms with van der Waals surface area (Å²) >= 11 is 0. The Hall–Kier alpha value is -1.78. The Morgan fingerprint density at radius 1 is 1.38 bits per heavy atom. The summed E-state index contributed by atoms with van der Waals surface area (Å²) in [6, 6.07) is 0.241. The van der Waals surface area contributed by atoms with Gasteiger partial charge in [0.05, 0.1) is 12.7 Å². The fraction of sp³-hybridized carbons (Fsp3) is 0.545. The third-order valence-corrected chi connectivity index (χ3v) is 4.05. The van der Waals surface area contributed by atoms with Crippen LogP contribution >= 0.6 is 0 Å². The van der Waals surface area contributed by atoms with E-state index in [4.69, 9.17) is 4.52 Å². The molecule has 0 amide bonds. The van der Waals surface area contributed by atoms with Crippen molar-refractivity contribution >= 4 is 10.0 Å². The molecule has 0 saturated carbocycles. The highest BCUT2D eigenvalue weighted by atomic mass is 32.2. The molecule has 0 aliphatic rings. The Balaban J connectivity index is 2.07. The summed E-state index contributed by atoms with van der Waals surface area (Å²) in [5.41, 5.74) is 0.568. The molecule has 0 saturated heterocycles. The lowest BCUT2D eigenvalue weighted by Gasteiger charge is -2.08. The molecule has 2 aromatic rings. The molecule has 0 spiro atoms. The molecular formula is C11H18N6O3S. The Morgan fingerprint density at radius 3 is 2.76 bits per heavy atom. The molecule has 21 heavy (non-hydrogen) atoms. The van der Waals surface area contributed by atoms with Gasteiger partial charge in [0.2, 0.25) is 5.89 Å². The van der Waals surface area contributed by atoms with Crippen molar-refractivity contribution in [1.29, 1.82) is 0 Å². The predicted molar refractivity (Wildman–Crippen MR) is 73.6 cm³/mol. The van der Waals surface area contributed by atoms with Crippen molar-refractivity contribution in [3.8, 4) is 0 Å². The van der Waals surface area contributed by atoms with Gasteiger partial charge in [-0.2, -0.15) is 10.1 Å². The quantitative estimate of drug-likeness (QED) is 0.660. The molecular weight excluding hydrogens is 296 g/mol. The summed E-state index contributed by atoms with van der Waals surface area (Å²) in [6.07, 6.45) is 1.49. The highest BCUT2D eigenvalue weighted by Gasteiger charge is 2.21. The highest BCUT2D eigenvalue weighted by Crippen LogP contribution is 2.12. The van der Waals surface area contributed by atoms with Crippen molar-refractivity contribution < 1.29 is 12.9 Å². The summed E-state index contributed by atoms with van der Waals surface area (Å²) in [5.74, 6) is 0.657. The highest BCUT2D eigenvalue weighted by molar-refractivity contribution is 7.89. The predicted octanol–water partition coefficient (Wildman–Crippen LogP) is 0.0776. The minimum Gasteiger partial charge on any atom is -0.338 e. The second-order valence-electron chi connectivity index (χ2n) is 4.82. The van der Waals surface area contributed by atoms with E-state index in [2.05, 4.69) is 30.4 Å². The van der Waals surface area contributed by atoms with Crippen LogP contribution in [-0.4, -0.2) is 34.8 Å². The van der Waals surface area contributed by atoms with Crippen LogP contribution in [0.4, 0.5) is 0 Å². The molecule has 0 radical (unpaired) electrons. The van der Waals surface area contributed by atoms with Gasteiger partial charge < -0.3 is 9.84 Å². The summed E-state index contributed by atoms with van der Waals surface area (Å²) < 4.78 is 31.7. The van der Waals surface area contributed by atoms with Crippen molar-refractivity contribution in [2.45, 2.75) is 44.9 Å². The summed E-state index contributed by atoms with van der Waals surface area (Å²) in [6.45, 7) is 5.95. The maximum atomic E-state index is 12.2. The largest absolute Gasteiger partial charge is 0.338 e. The molecule has 3 N–H and O–H groups in total. The van der Waals surface area contributed by atoms with Crippen LogP contribution in [0.25, 0.3) is 0 Å². The minimum absolute atomic E-state index is 0.0342. The van der Waals surface area contributed by atoms with Crippen molar-refractivity contribution in [3.05, 3.63) is 23.5 Å². The van der Waals surface area contributed by atoms with Crippen LogP contribution in [-0.2, 0) is 23.1 Å². The van der Waals surface area contributed by atoms with Crippen LogP contribution in [0.1, 0.15) is 31.1 Å². The van der Waals surface area contributed by atoms with Crippen LogP contribution in [0, 0.1) is 6.92 Å². The molecule has 0 unspecified atom stereocenters. The molecule has 10 heteroatoms. The lowest BCUT2D eigenvalue weighted by molar-refractivity contribution is 0.372. The minimum atomic E-state index is -3.72. The molecule has 0 bridgehead atoms. The zero-order valence-corrected chi connectivity index (χ0v) is 12.9. The van der Waals surface area contributed by atoms with Gasteiger partial charge in [0.1, 0.15) is 0 Å². The smallest absolute Gasteiger partial charge is 0.258 e. The number of nitrogens with zero attached hydrogens (tertiary/aromatic N) is 3. The average Bonchev–Trinajstić information content (AvgIpc) is 3.03. The van der Waals surface area contributed by atoms with Crippen LogP contribution in [0.3, 0.4) is 0 Å². The van der Waals surface area contributed by atoms with Crippen LogP contribution in [0.2, 0.25) is 0 Å². The lowest BCUT2D eigenvalue weighted by Crippen LogP contribution is -2.27. The van der Waals surface area contributed by atoms with E-state index in [1.807, 2.05) is 13.8 Å². The fourth-order valence-corrected chi connectivity index (χ4v) is 2.71. The molecule has 0 aromatic carbocycles. The van der Waals surface area contributed by atoms with Crippen LogP contribution in [0.5, 0.6) is 0 Å². The standard InChI is InChI=1S/C11H18N6O3S/c1-7(2)12-4-9-5-13-16-11(9)21(18,19)14-6-10-15-8(3)17-20-10/h5,7,12,14H,4,6H2,1-3H3,(H,13,16). The number of nitrogens with one attached hydrogen (secondary N) is 3. The molecule has 0 fully saturated rings. The molecule has 2 heterocycles. The molecule has 9 nitrogen and oxygen atoms in total. The molecule has 0 aliphatic heterocycles. The summed E-state index contributed by atoms with van der Waals surface area (Å²) in [5, 5.41) is 13.1. The van der Waals surface area contributed by atoms with Gasteiger partial charge in [-0.25, -0.2) is 13.1 Å². The second kappa shape index (κ2) is 6.33. The molecule has 0 aliphatic carbocycles. The van der Waals surface area contributed by atoms with E-state index >= 15 is 0 Å². The zero-order valence-electron chi connectivity index (χ0n) is 12.0. The van der Waals surface area contributed by atoms with Crippen molar-refractivity contribution in [2.75, 3.05) is 0 Å². The van der Waals surface area contributed by atoms with E-state index in [1.165, 1.54) is 6.20 Å². The topological polar surface area (TPSA) is 126 Å². The first-order chi connectivity index (χ1) is 9.88. The number of aromatic nitrogens is 4. The number of hydrogen-bond acceptors (Lipinski definition) is 7. The summed E-state index contributed by atoms with van der Waals surface area (Å²) in [7, 11) is -3.72. The normalized spacial score (nSPS) is 12.2. The van der Waals surface area contributed by atoms with Gasteiger partial charge in [-0.3, -0.25) is 5.10 Å². The maximum absolute atomic E-state index is 12.2. The molecule has 116 valence electrons. The van der Waals surface area contributed by atoms with Gasteiger partial charge in [-0.15, -0.1) is 0 Å². The van der Waals surface area contributed by atoms with E-state index in [9.17, 15) is 8.42 Å². The first-order valence-electron chi connectivity index (χ1n) is 6.43. The van der Waals surface area contributed by atoms with Gasteiger partial charge in [0.15, 0.2) is 10.9 Å². The van der Waals surface area contributed by atoms with E-state index in [-0.39, 0.29) is 23.5 Å². The van der Waals surface area contributed by atoms with Crippen LogP contribution in [0.15, 0.2) is 15.7 Å². The van der Waals surface area contributed by atoms with Crippen LogP contribution < -0.4 is 10.0 Å². The Labute approximate surface area is 122 Å². The Kier molecular flexibility index (Phi) is 4.70. The third-order valence-electron chi connectivity index (χ3n) is 2.63. The molecule has 0 atom stereocenters. The van der Waals surface area contributed by atoms with Crippen molar-refractivity contribution in [2.24, 2.45) is 0 Å². The van der Waals surface area contributed by atoms with E-state index in [0.717, 1.165) is 0 Å². The van der Waals surface area contributed by atoms with Gasteiger partial charge in [-0.1, -0.05) is 19.0 Å². The van der Waals surface area contributed by atoms with Crippen molar-refractivity contribution in [1.82, 2.24) is 30.4 Å². The van der Waals surface area contributed by atoms with E-state index in [1.54, 1.807) is 6.92 Å². The number of sulfonamides is 1. The van der Waals surface area contributed by atoms with Gasteiger partial charge in [0, 0.05) is 18.2 Å². The van der Waals surface area contributed by atoms with Gasteiger partial charge in [0.25, 0.3) is 10.0 Å². The molecule has 2 aromatic heterocycles. The maximum Gasteiger partial charge on any atom is 0.258 e. The monoisotopic (exact) mass is 314 g/mol.